The lowest BCUT2D eigenvalue weighted by molar-refractivity contribution is -0.138. The third-order valence-electron chi connectivity index (χ3n) is 4.87. The number of hydrogen-bond acceptors (Lipinski definition) is 3. The van der Waals surface area contributed by atoms with Crippen LogP contribution in [0.4, 0.5) is 0 Å². The van der Waals surface area contributed by atoms with Gasteiger partial charge in [-0.3, -0.25) is 9.59 Å². The summed E-state index contributed by atoms with van der Waals surface area (Å²) < 4.78 is 0.723. The SMILES string of the molecule is O=C(c1cc(Br)cnc1Cl)N1CCN(C(=O)C2CCCCC2)CC1. The fourth-order valence-electron chi connectivity index (χ4n) is 3.48. The molecule has 1 saturated heterocycles. The van der Waals surface area contributed by atoms with Crippen molar-refractivity contribution in [3.63, 3.8) is 0 Å². The molecule has 3 rings (SSSR count). The molecule has 2 aliphatic rings. The van der Waals surface area contributed by atoms with E-state index in [1.807, 2.05) is 4.90 Å². The van der Waals surface area contributed by atoms with Crippen molar-refractivity contribution in [2.24, 2.45) is 5.92 Å². The van der Waals surface area contributed by atoms with Gasteiger partial charge in [-0.2, -0.15) is 0 Å². The van der Waals surface area contributed by atoms with E-state index in [0.29, 0.717) is 31.7 Å². The third kappa shape index (κ3) is 3.91. The van der Waals surface area contributed by atoms with Crippen LogP contribution in [0.3, 0.4) is 0 Å². The normalized spacial score (nSPS) is 19.4. The number of rotatable bonds is 2. The van der Waals surface area contributed by atoms with E-state index in [4.69, 9.17) is 11.6 Å². The molecule has 1 aliphatic heterocycles. The van der Waals surface area contributed by atoms with Gasteiger partial charge in [-0.15, -0.1) is 0 Å². The number of amides is 2. The number of carbonyl (C=O) groups is 2. The lowest BCUT2D eigenvalue weighted by Gasteiger charge is -2.37. The zero-order valence-corrected chi connectivity index (χ0v) is 15.9. The summed E-state index contributed by atoms with van der Waals surface area (Å²) in [5, 5.41) is 0.212. The molecule has 130 valence electrons. The maximum atomic E-state index is 12.6. The van der Waals surface area contributed by atoms with Crippen LogP contribution < -0.4 is 0 Å². The summed E-state index contributed by atoms with van der Waals surface area (Å²) >= 11 is 9.36. The number of hydrogen-bond donors (Lipinski definition) is 0. The molecule has 0 bridgehead atoms. The molecule has 1 aromatic heterocycles. The molecular formula is C17H21BrClN3O2. The highest BCUT2D eigenvalue weighted by molar-refractivity contribution is 9.10. The zero-order valence-electron chi connectivity index (χ0n) is 13.5. The Kier molecular flexibility index (Phi) is 5.76. The van der Waals surface area contributed by atoms with Crippen molar-refractivity contribution in [2.75, 3.05) is 26.2 Å². The van der Waals surface area contributed by atoms with Crippen LogP contribution in [0.2, 0.25) is 5.15 Å². The number of carbonyl (C=O) groups excluding carboxylic acids is 2. The van der Waals surface area contributed by atoms with Gasteiger partial charge in [0.05, 0.1) is 5.56 Å². The maximum Gasteiger partial charge on any atom is 0.257 e. The second kappa shape index (κ2) is 7.83. The highest BCUT2D eigenvalue weighted by Gasteiger charge is 2.30. The highest BCUT2D eigenvalue weighted by Crippen LogP contribution is 2.26. The van der Waals surface area contributed by atoms with E-state index in [9.17, 15) is 9.59 Å². The van der Waals surface area contributed by atoms with E-state index in [1.165, 1.54) is 6.42 Å². The predicted molar refractivity (Wildman–Crippen MR) is 96.0 cm³/mol. The van der Waals surface area contributed by atoms with Crippen LogP contribution >= 0.6 is 27.5 Å². The molecule has 0 unspecified atom stereocenters. The minimum atomic E-state index is -0.126. The lowest BCUT2D eigenvalue weighted by atomic mass is 9.88. The highest BCUT2D eigenvalue weighted by atomic mass is 79.9. The van der Waals surface area contributed by atoms with Crippen molar-refractivity contribution in [1.29, 1.82) is 0 Å². The molecular weight excluding hydrogens is 394 g/mol. The van der Waals surface area contributed by atoms with Gasteiger partial charge < -0.3 is 9.80 Å². The first-order valence-corrected chi connectivity index (χ1v) is 9.62. The van der Waals surface area contributed by atoms with E-state index >= 15 is 0 Å². The van der Waals surface area contributed by atoms with E-state index in [0.717, 1.165) is 30.2 Å². The topological polar surface area (TPSA) is 53.5 Å². The van der Waals surface area contributed by atoms with Crippen molar-refractivity contribution in [1.82, 2.24) is 14.8 Å². The van der Waals surface area contributed by atoms with Gasteiger partial charge in [0.2, 0.25) is 5.91 Å². The molecule has 1 aliphatic carbocycles. The fraction of sp³-hybridized carbons (Fsp3) is 0.588. The molecule has 1 aromatic rings. The second-order valence-corrected chi connectivity index (χ2v) is 7.72. The van der Waals surface area contributed by atoms with Crippen LogP contribution in [0.25, 0.3) is 0 Å². The zero-order chi connectivity index (χ0) is 17.1. The summed E-state index contributed by atoms with van der Waals surface area (Å²) in [5.41, 5.74) is 0.401. The molecule has 1 saturated carbocycles. The van der Waals surface area contributed by atoms with Crippen LogP contribution in [0.15, 0.2) is 16.7 Å². The van der Waals surface area contributed by atoms with Gasteiger partial charge in [0.15, 0.2) is 0 Å². The summed E-state index contributed by atoms with van der Waals surface area (Å²) in [6, 6.07) is 1.69. The van der Waals surface area contributed by atoms with Gasteiger partial charge in [0, 0.05) is 42.8 Å². The predicted octanol–water partition coefficient (Wildman–Crippen LogP) is 3.36. The first-order valence-electron chi connectivity index (χ1n) is 8.45. The average Bonchev–Trinajstić information content (AvgIpc) is 2.63. The number of pyridine rings is 1. The van der Waals surface area contributed by atoms with Gasteiger partial charge in [0.25, 0.3) is 5.91 Å². The van der Waals surface area contributed by atoms with E-state index in [1.54, 1.807) is 17.2 Å². The molecule has 0 radical (unpaired) electrons. The number of aromatic nitrogens is 1. The molecule has 24 heavy (non-hydrogen) atoms. The van der Waals surface area contributed by atoms with Crippen molar-refractivity contribution >= 4 is 39.3 Å². The Morgan fingerprint density at radius 1 is 1.08 bits per heavy atom. The van der Waals surface area contributed by atoms with Crippen LogP contribution in [0.5, 0.6) is 0 Å². The lowest BCUT2D eigenvalue weighted by Crippen LogP contribution is -2.52. The van der Waals surface area contributed by atoms with Gasteiger partial charge in [0.1, 0.15) is 5.15 Å². The van der Waals surface area contributed by atoms with Crippen molar-refractivity contribution in [2.45, 2.75) is 32.1 Å². The minimum absolute atomic E-state index is 0.126. The Labute approximate surface area is 155 Å². The Hall–Kier alpha value is -1.14. The molecule has 2 amide bonds. The standard InChI is InChI=1S/C17H21BrClN3O2/c18-13-10-14(15(19)20-11-13)17(24)22-8-6-21(7-9-22)16(23)12-4-2-1-3-5-12/h10-12H,1-9H2. The number of piperazine rings is 1. The third-order valence-corrected chi connectivity index (χ3v) is 5.60. The van der Waals surface area contributed by atoms with Crippen LogP contribution in [0, 0.1) is 5.92 Å². The molecule has 2 heterocycles. The van der Waals surface area contributed by atoms with Gasteiger partial charge in [-0.25, -0.2) is 4.98 Å². The number of nitrogens with zero attached hydrogens (tertiary/aromatic N) is 3. The van der Waals surface area contributed by atoms with Crippen LogP contribution in [-0.4, -0.2) is 52.8 Å². The first kappa shape index (κ1) is 17.7. The Morgan fingerprint density at radius 2 is 1.71 bits per heavy atom. The quantitative estimate of drug-likeness (QED) is 0.697. The van der Waals surface area contributed by atoms with E-state index in [2.05, 4.69) is 20.9 Å². The molecule has 0 spiro atoms. The van der Waals surface area contributed by atoms with Gasteiger partial charge in [-0.1, -0.05) is 30.9 Å². The van der Waals surface area contributed by atoms with Gasteiger partial charge >= 0.3 is 0 Å². The Bertz CT molecular complexity index is 626. The maximum absolute atomic E-state index is 12.6. The number of halogens is 2. The Morgan fingerprint density at radius 3 is 2.38 bits per heavy atom. The monoisotopic (exact) mass is 413 g/mol. The molecule has 5 nitrogen and oxygen atoms in total. The van der Waals surface area contributed by atoms with Gasteiger partial charge in [-0.05, 0) is 34.8 Å². The van der Waals surface area contributed by atoms with Crippen molar-refractivity contribution < 1.29 is 9.59 Å². The fourth-order valence-corrected chi connectivity index (χ4v) is 4.00. The molecule has 2 fully saturated rings. The van der Waals surface area contributed by atoms with E-state index < -0.39 is 0 Å². The van der Waals surface area contributed by atoms with E-state index in [-0.39, 0.29) is 22.9 Å². The smallest absolute Gasteiger partial charge is 0.257 e. The molecule has 0 aromatic carbocycles. The van der Waals surface area contributed by atoms with Crippen molar-refractivity contribution in [3.8, 4) is 0 Å². The Balaban J connectivity index is 1.59. The van der Waals surface area contributed by atoms with Crippen LogP contribution in [0.1, 0.15) is 42.5 Å². The summed E-state index contributed by atoms with van der Waals surface area (Å²) in [7, 11) is 0. The summed E-state index contributed by atoms with van der Waals surface area (Å²) in [6.45, 7) is 2.28. The minimum Gasteiger partial charge on any atom is -0.339 e. The first-order chi connectivity index (χ1) is 11.6. The average molecular weight is 415 g/mol. The molecule has 0 N–H and O–H groups in total. The molecule has 0 atom stereocenters. The largest absolute Gasteiger partial charge is 0.339 e. The van der Waals surface area contributed by atoms with Crippen LogP contribution in [-0.2, 0) is 4.79 Å². The summed E-state index contributed by atoms with van der Waals surface area (Å²) in [5.74, 6) is 0.326. The van der Waals surface area contributed by atoms with Crippen molar-refractivity contribution in [3.05, 3.63) is 27.5 Å². The molecule has 7 heteroatoms. The summed E-state index contributed by atoms with van der Waals surface area (Å²) in [4.78, 5) is 32.9. The second-order valence-electron chi connectivity index (χ2n) is 6.44. The summed E-state index contributed by atoms with van der Waals surface area (Å²) in [6.07, 6.45) is 7.15.